The second-order valence-corrected chi connectivity index (χ2v) is 10.0. The van der Waals surface area contributed by atoms with Gasteiger partial charge in [0.15, 0.2) is 0 Å². The Hall–Kier alpha value is -2.61. The Balaban J connectivity index is 1.61. The average molecular weight is 445 g/mol. The van der Waals surface area contributed by atoms with Crippen LogP contribution in [0.3, 0.4) is 0 Å². The summed E-state index contributed by atoms with van der Waals surface area (Å²) >= 11 is 0. The highest BCUT2D eigenvalue weighted by Gasteiger charge is 2.31. The predicted molar refractivity (Wildman–Crippen MR) is 124 cm³/mol. The van der Waals surface area contributed by atoms with Crippen LogP contribution in [0, 0.1) is 18.7 Å². The van der Waals surface area contributed by atoms with E-state index < -0.39 is 11.7 Å². The van der Waals surface area contributed by atoms with Gasteiger partial charge in [-0.2, -0.15) is 0 Å². The second kappa shape index (κ2) is 8.39. The highest BCUT2D eigenvalue weighted by atomic mass is 19.1. The van der Waals surface area contributed by atoms with Crippen LogP contribution in [0.4, 0.5) is 14.9 Å². The molecule has 2 aromatic rings. The molecule has 0 spiro atoms. The number of aromatic nitrogens is 1. The van der Waals surface area contributed by atoms with E-state index >= 15 is 4.39 Å². The fourth-order valence-electron chi connectivity index (χ4n) is 4.72. The number of rotatable bonds is 5. The van der Waals surface area contributed by atoms with Gasteiger partial charge in [0.1, 0.15) is 11.4 Å². The first-order valence-corrected chi connectivity index (χ1v) is 11.4. The number of pyridine rings is 1. The molecule has 1 aromatic heterocycles. The minimum absolute atomic E-state index is 0.0676. The lowest BCUT2D eigenvalue weighted by Crippen LogP contribution is -2.36. The van der Waals surface area contributed by atoms with Gasteiger partial charge in [0.05, 0.1) is 11.2 Å². The average Bonchev–Trinajstić information content (AvgIpc) is 3.43. The fourth-order valence-corrected chi connectivity index (χ4v) is 4.72. The third kappa shape index (κ3) is 4.46. The molecule has 8 heteroatoms. The summed E-state index contributed by atoms with van der Waals surface area (Å²) < 4.78 is 22.5. The Morgan fingerprint density at radius 2 is 2.00 bits per heavy atom. The number of carbonyl (C=O) groups excluding carboxylic acids is 1. The van der Waals surface area contributed by atoms with E-state index in [1.165, 1.54) is 6.07 Å². The Labute approximate surface area is 187 Å². The van der Waals surface area contributed by atoms with Gasteiger partial charge in [-0.1, -0.05) is 0 Å². The van der Waals surface area contributed by atoms with Crippen molar-refractivity contribution < 1.29 is 13.9 Å². The SMILES string of the molecule is Cc1c(N2CCC(CNC(=O)OC(C)(C)C)C2)c(F)cc2c(CN)cc(=O)n(C3CC3)c12. The van der Waals surface area contributed by atoms with Gasteiger partial charge in [0, 0.05) is 43.7 Å². The summed E-state index contributed by atoms with van der Waals surface area (Å²) in [6.07, 6.45) is 2.33. The van der Waals surface area contributed by atoms with Crippen molar-refractivity contribution in [3.8, 4) is 0 Å². The van der Waals surface area contributed by atoms with Crippen molar-refractivity contribution in [1.29, 1.82) is 0 Å². The van der Waals surface area contributed by atoms with Gasteiger partial charge in [-0.25, -0.2) is 9.18 Å². The van der Waals surface area contributed by atoms with Gasteiger partial charge in [0.2, 0.25) is 0 Å². The van der Waals surface area contributed by atoms with E-state index in [1.54, 1.807) is 6.07 Å². The number of nitrogens with two attached hydrogens (primary N) is 1. The van der Waals surface area contributed by atoms with Gasteiger partial charge >= 0.3 is 6.09 Å². The number of carbonyl (C=O) groups is 1. The number of amides is 1. The summed E-state index contributed by atoms with van der Waals surface area (Å²) in [5.74, 6) is -0.107. The Kier molecular flexibility index (Phi) is 5.92. The fraction of sp³-hybridized carbons (Fsp3) is 0.583. The van der Waals surface area contributed by atoms with Crippen LogP contribution in [0.5, 0.6) is 0 Å². The molecule has 2 fully saturated rings. The number of hydrogen-bond donors (Lipinski definition) is 2. The van der Waals surface area contributed by atoms with Crippen molar-refractivity contribution in [1.82, 2.24) is 9.88 Å². The van der Waals surface area contributed by atoms with E-state index in [0.29, 0.717) is 30.9 Å². The summed E-state index contributed by atoms with van der Waals surface area (Å²) in [5, 5.41) is 3.55. The standard InChI is InChI=1S/C24H33FN4O3/c1-14-21-18(16(11-26)9-20(30)29(21)17-5-6-17)10-19(25)22(14)28-8-7-15(13-28)12-27-23(31)32-24(2,3)4/h9-10,15,17H,5-8,11-13,26H2,1-4H3,(H,27,31). The summed E-state index contributed by atoms with van der Waals surface area (Å²) in [6.45, 7) is 9.36. The smallest absolute Gasteiger partial charge is 0.407 e. The van der Waals surface area contributed by atoms with Crippen LogP contribution in [-0.4, -0.2) is 35.9 Å². The lowest BCUT2D eigenvalue weighted by atomic mass is 10.0. The second-order valence-electron chi connectivity index (χ2n) is 10.0. The van der Waals surface area contributed by atoms with Crippen molar-refractivity contribution in [2.24, 2.45) is 11.7 Å². The largest absolute Gasteiger partial charge is 0.444 e. The number of alkyl carbamates (subject to hydrolysis) is 1. The molecule has 0 bridgehead atoms. The van der Waals surface area contributed by atoms with Gasteiger partial charge in [-0.3, -0.25) is 4.79 Å². The number of anilines is 1. The van der Waals surface area contributed by atoms with Crippen LogP contribution in [0.15, 0.2) is 16.9 Å². The molecule has 2 aliphatic rings. The molecule has 174 valence electrons. The van der Waals surface area contributed by atoms with E-state index in [9.17, 15) is 9.59 Å². The Bertz CT molecular complexity index is 1100. The van der Waals surface area contributed by atoms with Crippen molar-refractivity contribution in [2.45, 2.75) is 65.1 Å². The monoisotopic (exact) mass is 444 g/mol. The minimum atomic E-state index is -0.545. The third-order valence-corrected chi connectivity index (χ3v) is 6.25. The van der Waals surface area contributed by atoms with Gasteiger partial charge in [0.25, 0.3) is 5.56 Å². The first kappa shape index (κ1) is 22.6. The molecular formula is C24H33FN4O3. The Morgan fingerprint density at radius 3 is 2.62 bits per heavy atom. The molecule has 1 aliphatic carbocycles. The third-order valence-electron chi connectivity index (χ3n) is 6.25. The van der Waals surface area contributed by atoms with Crippen molar-refractivity contribution >= 4 is 22.7 Å². The maximum absolute atomic E-state index is 15.4. The molecule has 7 nitrogen and oxygen atoms in total. The molecular weight excluding hydrogens is 411 g/mol. The van der Waals surface area contributed by atoms with Crippen LogP contribution in [0.2, 0.25) is 0 Å². The summed E-state index contributed by atoms with van der Waals surface area (Å²) in [5.41, 5.74) is 8.06. The first-order valence-electron chi connectivity index (χ1n) is 11.4. The molecule has 2 heterocycles. The lowest BCUT2D eigenvalue weighted by Gasteiger charge is -2.25. The van der Waals surface area contributed by atoms with E-state index in [1.807, 2.05) is 37.2 Å². The Morgan fingerprint density at radius 1 is 1.28 bits per heavy atom. The van der Waals surface area contributed by atoms with E-state index in [-0.39, 0.29) is 29.9 Å². The van der Waals surface area contributed by atoms with Crippen LogP contribution in [-0.2, 0) is 11.3 Å². The highest BCUT2D eigenvalue weighted by Crippen LogP contribution is 2.40. The number of ether oxygens (including phenoxy) is 1. The molecule has 1 unspecified atom stereocenters. The number of benzene rings is 1. The zero-order valence-electron chi connectivity index (χ0n) is 19.3. The maximum Gasteiger partial charge on any atom is 0.407 e. The molecule has 1 amide bonds. The molecule has 1 saturated heterocycles. The number of nitrogens with zero attached hydrogens (tertiary/aromatic N) is 2. The number of halogens is 1. The summed E-state index contributed by atoms with van der Waals surface area (Å²) in [6, 6.07) is 3.26. The van der Waals surface area contributed by atoms with Gasteiger partial charge < -0.3 is 25.3 Å². The number of nitrogens with one attached hydrogen (secondary N) is 1. The predicted octanol–water partition coefficient (Wildman–Crippen LogP) is 3.59. The normalized spacial score (nSPS) is 18.9. The molecule has 1 aromatic carbocycles. The van der Waals surface area contributed by atoms with E-state index in [0.717, 1.165) is 35.7 Å². The van der Waals surface area contributed by atoms with Crippen LogP contribution in [0.25, 0.3) is 10.9 Å². The summed E-state index contributed by atoms with van der Waals surface area (Å²) in [4.78, 5) is 26.8. The number of aryl methyl sites for hydroxylation is 1. The van der Waals surface area contributed by atoms with Crippen molar-refractivity contribution in [2.75, 3.05) is 24.5 Å². The zero-order chi connectivity index (χ0) is 23.2. The van der Waals surface area contributed by atoms with Gasteiger partial charge in [-0.15, -0.1) is 0 Å². The summed E-state index contributed by atoms with van der Waals surface area (Å²) in [7, 11) is 0. The minimum Gasteiger partial charge on any atom is -0.444 e. The molecule has 1 saturated carbocycles. The molecule has 32 heavy (non-hydrogen) atoms. The molecule has 1 atom stereocenters. The quantitative estimate of drug-likeness (QED) is 0.736. The zero-order valence-corrected chi connectivity index (χ0v) is 19.3. The molecule has 4 rings (SSSR count). The molecule has 1 aliphatic heterocycles. The topological polar surface area (TPSA) is 89.6 Å². The van der Waals surface area contributed by atoms with Gasteiger partial charge in [-0.05, 0) is 70.1 Å². The molecule has 0 radical (unpaired) electrons. The lowest BCUT2D eigenvalue weighted by molar-refractivity contribution is 0.0520. The van der Waals surface area contributed by atoms with Crippen molar-refractivity contribution in [3.05, 3.63) is 39.4 Å². The van der Waals surface area contributed by atoms with Crippen molar-refractivity contribution in [3.63, 3.8) is 0 Å². The number of hydrogen-bond acceptors (Lipinski definition) is 5. The van der Waals surface area contributed by atoms with E-state index in [2.05, 4.69) is 5.32 Å². The highest BCUT2D eigenvalue weighted by molar-refractivity contribution is 5.90. The first-order chi connectivity index (χ1) is 15.1. The number of fused-ring (bicyclic) bond motifs is 1. The molecule has 3 N–H and O–H groups in total. The van der Waals surface area contributed by atoms with E-state index in [4.69, 9.17) is 10.5 Å². The maximum atomic E-state index is 15.4. The van der Waals surface area contributed by atoms with Crippen LogP contribution >= 0.6 is 0 Å². The van der Waals surface area contributed by atoms with Crippen LogP contribution < -0.4 is 21.5 Å². The van der Waals surface area contributed by atoms with Crippen LogP contribution in [0.1, 0.15) is 57.2 Å².